The minimum absolute atomic E-state index is 0. The Labute approximate surface area is 181 Å². The van der Waals surface area contributed by atoms with Gasteiger partial charge in [-0.25, -0.2) is 0 Å². The molecule has 139 valence electrons. The minimum atomic E-state index is 0. The first-order valence-corrected chi connectivity index (χ1v) is 9.68. The fourth-order valence-electron chi connectivity index (χ4n) is 5.86. The minimum Gasteiger partial charge on any atom is -1.00 e. The molecule has 0 aromatic rings. The number of hydrogen-bond donors (Lipinski definition) is 1. The summed E-state index contributed by atoms with van der Waals surface area (Å²) in [5.41, 5.74) is 0.413. The van der Waals surface area contributed by atoms with Gasteiger partial charge in [-0.15, -0.1) is 0 Å². The van der Waals surface area contributed by atoms with Crippen LogP contribution in [0.25, 0.3) is 0 Å². The number of rotatable bonds is 0. The van der Waals surface area contributed by atoms with E-state index in [1.807, 2.05) is 0 Å². The standard InChI is InChI=1S/C10H18O.C10H16O.CH4.B.Na.H/c2*1-10-7-3-2-4-8(10)5-6-9(10)11;;;;/h8-9,11H,2-7H2,1H3;8H,2-7H2,1H3;1H4;;;/q;;;;+1;-1/t8-,9+,10+;8-,10+;;;;/m11..../s1. The molecule has 0 amide bonds. The van der Waals surface area contributed by atoms with E-state index in [0.717, 1.165) is 31.1 Å². The summed E-state index contributed by atoms with van der Waals surface area (Å²) in [6.45, 7) is 4.47. The fraction of sp³-hybridized carbons (Fsp3) is 0.952. The molecule has 4 rings (SSSR count). The Hall–Kier alpha value is 0.695. The van der Waals surface area contributed by atoms with Gasteiger partial charge < -0.3 is 6.53 Å². The Kier molecular flexibility index (Phi) is 10.6. The van der Waals surface area contributed by atoms with E-state index in [9.17, 15) is 9.90 Å². The maximum atomic E-state index is 11.5. The predicted octanol–water partition coefficient (Wildman–Crippen LogP) is 2.26. The fourth-order valence-corrected chi connectivity index (χ4v) is 5.86. The van der Waals surface area contributed by atoms with E-state index in [1.165, 1.54) is 57.8 Å². The van der Waals surface area contributed by atoms with Crippen molar-refractivity contribution in [2.24, 2.45) is 22.7 Å². The molecule has 25 heavy (non-hydrogen) atoms. The summed E-state index contributed by atoms with van der Waals surface area (Å²) in [5.74, 6) is 2.12. The summed E-state index contributed by atoms with van der Waals surface area (Å²) in [7, 11) is 0. The van der Waals surface area contributed by atoms with E-state index < -0.39 is 0 Å². The van der Waals surface area contributed by atoms with Gasteiger partial charge in [0.05, 0.1) is 6.10 Å². The zero-order chi connectivity index (χ0) is 15.8. The molecule has 3 radical (unpaired) electrons. The van der Waals surface area contributed by atoms with Crippen molar-refractivity contribution < 1.29 is 40.9 Å². The molecule has 0 bridgehead atoms. The molecule has 2 nitrogen and oxygen atoms in total. The third kappa shape index (κ3) is 4.95. The van der Waals surface area contributed by atoms with Gasteiger partial charge in [0.25, 0.3) is 0 Å². The van der Waals surface area contributed by atoms with Crippen molar-refractivity contribution >= 4 is 14.2 Å². The first kappa shape index (κ1) is 25.7. The number of aliphatic hydroxyl groups is 1. The van der Waals surface area contributed by atoms with Crippen molar-refractivity contribution in [2.45, 2.75) is 104 Å². The van der Waals surface area contributed by atoms with Crippen LogP contribution in [0.3, 0.4) is 0 Å². The van der Waals surface area contributed by atoms with Crippen molar-refractivity contribution in [3.05, 3.63) is 0 Å². The van der Waals surface area contributed by atoms with Crippen LogP contribution in [0.15, 0.2) is 0 Å². The van der Waals surface area contributed by atoms with Gasteiger partial charge in [-0.05, 0) is 62.2 Å². The van der Waals surface area contributed by atoms with Crippen LogP contribution in [-0.2, 0) is 4.79 Å². The summed E-state index contributed by atoms with van der Waals surface area (Å²) in [5, 5.41) is 9.78. The zero-order valence-corrected chi connectivity index (χ0v) is 18.2. The third-order valence-corrected chi connectivity index (χ3v) is 7.76. The molecular formula is C21H39BNaO2. The average molecular weight is 357 g/mol. The number of carbonyl (C=O) groups is 1. The Morgan fingerprint density at radius 3 is 2.12 bits per heavy atom. The van der Waals surface area contributed by atoms with Gasteiger partial charge in [-0.1, -0.05) is 47.0 Å². The van der Waals surface area contributed by atoms with E-state index in [-0.39, 0.29) is 58.3 Å². The monoisotopic (exact) mass is 357 g/mol. The Bertz CT molecular complexity index is 434. The number of hydrogen-bond acceptors (Lipinski definition) is 2. The van der Waals surface area contributed by atoms with Crippen molar-refractivity contribution in [1.29, 1.82) is 0 Å². The molecule has 4 heteroatoms. The van der Waals surface area contributed by atoms with Gasteiger partial charge >= 0.3 is 29.6 Å². The third-order valence-electron chi connectivity index (χ3n) is 7.76. The maximum Gasteiger partial charge on any atom is 1.00 e. The van der Waals surface area contributed by atoms with Gasteiger partial charge in [-0.3, -0.25) is 4.79 Å². The van der Waals surface area contributed by atoms with Crippen LogP contribution in [-0.4, -0.2) is 25.4 Å². The normalized spacial score (nSPS) is 41.7. The molecule has 0 aromatic carbocycles. The topological polar surface area (TPSA) is 37.3 Å². The molecule has 4 aliphatic carbocycles. The summed E-state index contributed by atoms with van der Waals surface area (Å²) >= 11 is 0. The quantitative estimate of drug-likeness (QED) is 0.676. The number of Topliss-reactive ketones (excluding diaryl/α,β-unsaturated/α-hetero) is 1. The Balaban J connectivity index is 0. The summed E-state index contributed by atoms with van der Waals surface area (Å²) in [6, 6.07) is 0. The van der Waals surface area contributed by atoms with Gasteiger partial charge in [0.2, 0.25) is 0 Å². The molecule has 0 unspecified atom stereocenters. The van der Waals surface area contributed by atoms with Gasteiger partial charge in [-0.2, -0.15) is 0 Å². The largest absolute Gasteiger partial charge is 1.00 e. The van der Waals surface area contributed by atoms with Crippen LogP contribution in [0.4, 0.5) is 0 Å². The number of fused-ring (bicyclic) bond motifs is 2. The molecule has 4 saturated carbocycles. The van der Waals surface area contributed by atoms with Crippen LogP contribution in [0.5, 0.6) is 0 Å². The molecule has 0 saturated heterocycles. The first-order valence-electron chi connectivity index (χ1n) is 9.68. The van der Waals surface area contributed by atoms with E-state index in [1.54, 1.807) is 0 Å². The van der Waals surface area contributed by atoms with Crippen LogP contribution in [0, 0.1) is 22.7 Å². The van der Waals surface area contributed by atoms with Crippen molar-refractivity contribution in [1.82, 2.24) is 0 Å². The molecule has 0 heterocycles. The SMILES string of the molecule is C.C[C@]12CCCC[C@@H]1CCC2=O.C[C@]12CCCC[C@@H]1CC[C@@H]2O.[B].[H-].[Na+]. The Morgan fingerprint density at radius 2 is 1.52 bits per heavy atom. The summed E-state index contributed by atoms with van der Waals surface area (Å²) < 4.78 is 0. The predicted molar refractivity (Wildman–Crippen MR) is 103 cm³/mol. The maximum absolute atomic E-state index is 11.5. The second-order valence-electron chi connectivity index (χ2n) is 8.86. The van der Waals surface area contributed by atoms with E-state index in [2.05, 4.69) is 13.8 Å². The molecular weight excluding hydrogens is 318 g/mol. The van der Waals surface area contributed by atoms with E-state index >= 15 is 0 Å². The smallest absolute Gasteiger partial charge is 1.00 e. The van der Waals surface area contributed by atoms with Crippen LogP contribution >= 0.6 is 0 Å². The second-order valence-corrected chi connectivity index (χ2v) is 8.86. The van der Waals surface area contributed by atoms with E-state index in [4.69, 9.17) is 0 Å². The number of carbonyl (C=O) groups excluding carboxylic acids is 1. The zero-order valence-electron chi connectivity index (χ0n) is 17.2. The van der Waals surface area contributed by atoms with Gasteiger partial charge in [0.15, 0.2) is 0 Å². The summed E-state index contributed by atoms with van der Waals surface area (Å²) in [6.07, 6.45) is 14.8. The second kappa shape index (κ2) is 10.3. The van der Waals surface area contributed by atoms with Gasteiger partial charge in [0.1, 0.15) is 5.78 Å². The average Bonchev–Trinajstić information content (AvgIpc) is 2.98. The van der Waals surface area contributed by atoms with Gasteiger partial charge in [0, 0.05) is 20.2 Å². The van der Waals surface area contributed by atoms with Crippen LogP contribution in [0.2, 0.25) is 0 Å². The first-order chi connectivity index (χ1) is 10.5. The van der Waals surface area contributed by atoms with Crippen LogP contribution in [0.1, 0.15) is 99.8 Å². The molecule has 4 fully saturated rings. The molecule has 5 atom stereocenters. The number of aliphatic hydroxyl groups excluding tert-OH is 1. The molecule has 0 aliphatic heterocycles. The van der Waals surface area contributed by atoms with Crippen molar-refractivity contribution in [3.63, 3.8) is 0 Å². The molecule has 0 aromatic heterocycles. The number of ketones is 1. The van der Waals surface area contributed by atoms with E-state index in [0.29, 0.717) is 11.2 Å². The van der Waals surface area contributed by atoms with Crippen molar-refractivity contribution in [2.75, 3.05) is 0 Å². The molecule has 4 aliphatic rings. The molecule has 1 N–H and O–H groups in total. The van der Waals surface area contributed by atoms with Crippen LogP contribution < -0.4 is 29.6 Å². The summed E-state index contributed by atoms with van der Waals surface area (Å²) in [4.78, 5) is 11.5. The Morgan fingerprint density at radius 1 is 0.920 bits per heavy atom. The molecule has 0 spiro atoms. The van der Waals surface area contributed by atoms with Crippen molar-refractivity contribution in [3.8, 4) is 0 Å².